The zero-order valence-corrected chi connectivity index (χ0v) is 10.1. The first-order valence-corrected chi connectivity index (χ1v) is 5.96. The van der Waals surface area contributed by atoms with Gasteiger partial charge in [0.15, 0.2) is 0 Å². The summed E-state index contributed by atoms with van der Waals surface area (Å²) in [5.74, 6) is 0. The van der Waals surface area contributed by atoms with E-state index in [2.05, 4.69) is 28.1 Å². The summed E-state index contributed by atoms with van der Waals surface area (Å²) in [7, 11) is 0. The smallest absolute Gasteiger partial charge is 0.120 e. The molecule has 1 atom stereocenters. The van der Waals surface area contributed by atoms with Crippen LogP contribution in [0, 0.1) is 0 Å². The van der Waals surface area contributed by atoms with E-state index in [9.17, 15) is 4.79 Å². The molecule has 2 nitrogen and oxygen atoms in total. The van der Waals surface area contributed by atoms with Crippen molar-refractivity contribution in [1.82, 2.24) is 0 Å². The molecule has 0 aromatic heterocycles. The topological polar surface area (TPSA) is 43.1 Å². The summed E-state index contributed by atoms with van der Waals surface area (Å²) in [5.41, 5.74) is 8.58. The van der Waals surface area contributed by atoms with Gasteiger partial charge in [0.2, 0.25) is 0 Å². The van der Waals surface area contributed by atoms with E-state index in [1.807, 2.05) is 6.07 Å². The van der Waals surface area contributed by atoms with Crippen molar-refractivity contribution < 1.29 is 4.79 Å². The maximum atomic E-state index is 10.4. The predicted octanol–water partition coefficient (Wildman–Crippen LogP) is 2.53. The standard InChI is InChI=1S/C12H14BrNO/c13-10-2-3-11-9(8-10)4-6-12(11,14)5-1-7-15/h2-3,7-8H,1,4-6,14H2. The van der Waals surface area contributed by atoms with Crippen molar-refractivity contribution in [2.45, 2.75) is 31.2 Å². The Hall–Kier alpha value is -0.670. The average molecular weight is 268 g/mol. The van der Waals surface area contributed by atoms with Crippen LogP contribution in [0.3, 0.4) is 0 Å². The lowest BCUT2D eigenvalue weighted by atomic mass is 9.88. The normalized spacial score (nSPS) is 23.9. The van der Waals surface area contributed by atoms with E-state index in [1.165, 1.54) is 11.1 Å². The highest BCUT2D eigenvalue weighted by Gasteiger charge is 2.34. The van der Waals surface area contributed by atoms with Crippen LogP contribution in [0.2, 0.25) is 0 Å². The fourth-order valence-corrected chi connectivity index (χ4v) is 2.73. The SMILES string of the molecule is NC1(CCC=O)CCc2cc(Br)ccc21. The van der Waals surface area contributed by atoms with Crippen LogP contribution in [-0.2, 0) is 16.8 Å². The van der Waals surface area contributed by atoms with Crippen molar-refractivity contribution in [1.29, 1.82) is 0 Å². The molecule has 0 saturated heterocycles. The van der Waals surface area contributed by atoms with Crippen LogP contribution in [0.4, 0.5) is 0 Å². The summed E-state index contributed by atoms with van der Waals surface area (Å²) in [6.45, 7) is 0. The monoisotopic (exact) mass is 267 g/mol. The Kier molecular flexibility index (Phi) is 2.94. The fourth-order valence-electron chi connectivity index (χ4n) is 2.32. The Balaban J connectivity index is 2.30. The Morgan fingerprint density at radius 3 is 3.07 bits per heavy atom. The van der Waals surface area contributed by atoms with Crippen LogP contribution in [0.5, 0.6) is 0 Å². The highest BCUT2D eigenvalue weighted by Crippen LogP contribution is 2.38. The van der Waals surface area contributed by atoms with Crippen molar-refractivity contribution in [3.8, 4) is 0 Å². The zero-order valence-electron chi connectivity index (χ0n) is 8.50. The lowest BCUT2D eigenvalue weighted by Crippen LogP contribution is -2.34. The molecule has 0 amide bonds. The third kappa shape index (κ3) is 1.99. The Bertz CT molecular complexity index is 391. The maximum Gasteiger partial charge on any atom is 0.120 e. The first kappa shape index (κ1) is 10.8. The molecule has 0 bridgehead atoms. The molecule has 0 spiro atoms. The molecule has 0 radical (unpaired) electrons. The van der Waals surface area contributed by atoms with Crippen LogP contribution >= 0.6 is 15.9 Å². The summed E-state index contributed by atoms with van der Waals surface area (Å²) in [6, 6.07) is 6.23. The molecule has 3 heteroatoms. The summed E-state index contributed by atoms with van der Waals surface area (Å²) in [5, 5.41) is 0. The lowest BCUT2D eigenvalue weighted by Gasteiger charge is -2.24. The van der Waals surface area contributed by atoms with Crippen LogP contribution < -0.4 is 5.73 Å². The number of hydrogen-bond acceptors (Lipinski definition) is 2. The van der Waals surface area contributed by atoms with Gasteiger partial charge in [-0.1, -0.05) is 22.0 Å². The Morgan fingerprint density at radius 2 is 2.33 bits per heavy atom. The average Bonchev–Trinajstić information content (AvgIpc) is 2.54. The third-order valence-corrected chi connectivity index (χ3v) is 3.65. The second-order valence-corrected chi connectivity index (χ2v) is 5.08. The van der Waals surface area contributed by atoms with Gasteiger partial charge >= 0.3 is 0 Å². The molecule has 80 valence electrons. The number of carbonyl (C=O) groups is 1. The van der Waals surface area contributed by atoms with Gasteiger partial charge in [0, 0.05) is 16.4 Å². The number of aryl methyl sites for hydroxylation is 1. The number of nitrogens with two attached hydrogens (primary N) is 1. The van der Waals surface area contributed by atoms with Gasteiger partial charge < -0.3 is 10.5 Å². The molecule has 0 heterocycles. The highest BCUT2D eigenvalue weighted by atomic mass is 79.9. The van der Waals surface area contributed by atoms with E-state index in [4.69, 9.17) is 5.73 Å². The molecule has 15 heavy (non-hydrogen) atoms. The molecule has 1 aliphatic carbocycles. The summed E-state index contributed by atoms with van der Waals surface area (Å²) >= 11 is 3.46. The van der Waals surface area contributed by atoms with Crippen LogP contribution in [-0.4, -0.2) is 6.29 Å². The molecular weight excluding hydrogens is 254 g/mol. The van der Waals surface area contributed by atoms with Gasteiger partial charge in [-0.25, -0.2) is 0 Å². The van der Waals surface area contributed by atoms with Crippen LogP contribution in [0.15, 0.2) is 22.7 Å². The van der Waals surface area contributed by atoms with Gasteiger partial charge in [0.1, 0.15) is 6.29 Å². The summed E-state index contributed by atoms with van der Waals surface area (Å²) in [6.07, 6.45) is 4.22. The van der Waals surface area contributed by atoms with Gasteiger partial charge in [0.05, 0.1) is 0 Å². The van der Waals surface area contributed by atoms with Crippen molar-refractivity contribution in [3.63, 3.8) is 0 Å². The minimum Gasteiger partial charge on any atom is -0.321 e. The van der Waals surface area contributed by atoms with E-state index in [0.29, 0.717) is 6.42 Å². The molecule has 1 aliphatic rings. The molecule has 0 saturated carbocycles. The number of benzene rings is 1. The molecule has 1 aromatic carbocycles. The van der Waals surface area contributed by atoms with Crippen molar-refractivity contribution in [2.24, 2.45) is 5.73 Å². The number of carbonyl (C=O) groups excluding carboxylic acids is 1. The maximum absolute atomic E-state index is 10.4. The highest BCUT2D eigenvalue weighted by molar-refractivity contribution is 9.10. The summed E-state index contributed by atoms with van der Waals surface area (Å²) < 4.78 is 1.10. The number of aldehydes is 1. The van der Waals surface area contributed by atoms with Gasteiger partial charge in [-0.15, -0.1) is 0 Å². The fraction of sp³-hybridized carbons (Fsp3) is 0.417. The van der Waals surface area contributed by atoms with Gasteiger partial charge in [-0.05, 0) is 42.5 Å². The minimum atomic E-state index is -0.281. The molecule has 2 rings (SSSR count). The number of fused-ring (bicyclic) bond motifs is 1. The number of halogens is 1. The molecule has 1 unspecified atom stereocenters. The molecular formula is C12H14BrNO. The first-order valence-electron chi connectivity index (χ1n) is 5.17. The third-order valence-electron chi connectivity index (χ3n) is 3.15. The van der Waals surface area contributed by atoms with Crippen molar-refractivity contribution in [2.75, 3.05) is 0 Å². The largest absolute Gasteiger partial charge is 0.321 e. The van der Waals surface area contributed by atoms with E-state index in [0.717, 1.165) is 30.0 Å². The molecule has 1 aromatic rings. The van der Waals surface area contributed by atoms with Crippen LogP contribution in [0.1, 0.15) is 30.4 Å². The van der Waals surface area contributed by atoms with Crippen LogP contribution in [0.25, 0.3) is 0 Å². The first-order chi connectivity index (χ1) is 7.15. The predicted molar refractivity (Wildman–Crippen MR) is 63.6 cm³/mol. The van der Waals surface area contributed by atoms with Crippen molar-refractivity contribution >= 4 is 22.2 Å². The van der Waals surface area contributed by atoms with Gasteiger partial charge in [0.25, 0.3) is 0 Å². The van der Waals surface area contributed by atoms with E-state index in [1.54, 1.807) is 0 Å². The van der Waals surface area contributed by atoms with E-state index in [-0.39, 0.29) is 5.54 Å². The van der Waals surface area contributed by atoms with E-state index >= 15 is 0 Å². The quantitative estimate of drug-likeness (QED) is 0.856. The van der Waals surface area contributed by atoms with Crippen molar-refractivity contribution in [3.05, 3.63) is 33.8 Å². The molecule has 0 fully saturated rings. The van der Waals surface area contributed by atoms with Gasteiger partial charge in [-0.2, -0.15) is 0 Å². The van der Waals surface area contributed by atoms with Gasteiger partial charge in [-0.3, -0.25) is 0 Å². The minimum absolute atomic E-state index is 0.281. The molecule has 0 aliphatic heterocycles. The number of rotatable bonds is 3. The van der Waals surface area contributed by atoms with E-state index < -0.39 is 0 Å². The molecule has 2 N–H and O–H groups in total. The second-order valence-electron chi connectivity index (χ2n) is 4.16. The Labute approximate surface area is 98.0 Å². The lowest BCUT2D eigenvalue weighted by molar-refractivity contribution is -0.108. The zero-order chi connectivity index (χ0) is 10.9. The Morgan fingerprint density at radius 1 is 1.53 bits per heavy atom. The summed E-state index contributed by atoms with van der Waals surface area (Å²) in [4.78, 5) is 10.4. The number of hydrogen-bond donors (Lipinski definition) is 1. The second kappa shape index (κ2) is 4.06.